The Labute approximate surface area is 113 Å². The van der Waals surface area contributed by atoms with Crippen LogP contribution in [-0.4, -0.2) is 37.4 Å². The molecule has 104 valence electrons. The molecule has 5 heteroatoms. The molecule has 19 heavy (non-hydrogen) atoms. The third kappa shape index (κ3) is 3.61. The minimum Gasteiger partial charge on any atom is -0.454 e. The van der Waals surface area contributed by atoms with Gasteiger partial charge >= 0.3 is 0 Å². The van der Waals surface area contributed by atoms with Gasteiger partial charge in [0, 0.05) is 13.0 Å². The van der Waals surface area contributed by atoms with E-state index >= 15 is 0 Å². The highest BCUT2D eigenvalue weighted by atomic mass is 16.7. The van der Waals surface area contributed by atoms with Crippen LogP contribution in [0.25, 0.3) is 0 Å². The Hall–Kier alpha value is -1.75. The number of likely N-dealkylation sites (N-methyl/N-ethyl adjacent to an activating group) is 1. The fraction of sp³-hybridized carbons (Fsp3) is 0.500. The van der Waals surface area contributed by atoms with E-state index in [0.29, 0.717) is 19.5 Å². The summed E-state index contributed by atoms with van der Waals surface area (Å²) < 4.78 is 10.7. The van der Waals surface area contributed by atoms with E-state index in [9.17, 15) is 4.79 Å². The van der Waals surface area contributed by atoms with Crippen LogP contribution in [0.1, 0.15) is 19.4 Å². The Bertz CT molecular complexity index is 462. The molecule has 0 saturated heterocycles. The lowest BCUT2D eigenvalue weighted by Crippen LogP contribution is -2.40. The van der Waals surface area contributed by atoms with Crippen molar-refractivity contribution in [2.45, 2.75) is 26.3 Å². The van der Waals surface area contributed by atoms with Gasteiger partial charge in [0.25, 0.3) is 0 Å². The first-order valence-corrected chi connectivity index (χ1v) is 6.39. The van der Waals surface area contributed by atoms with Crippen LogP contribution in [0.2, 0.25) is 0 Å². The zero-order valence-electron chi connectivity index (χ0n) is 11.6. The molecule has 0 spiro atoms. The van der Waals surface area contributed by atoms with E-state index in [1.165, 1.54) is 12.5 Å². The molecule has 0 aromatic heterocycles. The van der Waals surface area contributed by atoms with Gasteiger partial charge in [0.15, 0.2) is 11.5 Å². The second-order valence-electron chi connectivity index (χ2n) is 4.89. The molecule has 0 radical (unpaired) electrons. The van der Waals surface area contributed by atoms with Crippen LogP contribution in [0.3, 0.4) is 0 Å². The molecular weight excluding hydrogens is 244 g/mol. The average molecular weight is 264 g/mol. The van der Waals surface area contributed by atoms with Crippen molar-refractivity contribution >= 4 is 5.91 Å². The summed E-state index contributed by atoms with van der Waals surface area (Å²) in [6.45, 7) is 4.51. The van der Waals surface area contributed by atoms with Crippen molar-refractivity contribution in [2.24, 2.45) is 0 Å². The van der Waals surface area contributed by atoms with Crippen LogP contribution < -0.4 is 14.8 Å². The summed E-state index contributed by atoms with van der Waals surface area (Å²) in [6, 6.07) is 6.34. The Balaban J connectivity index is 1.91. The van der Waals surface area contributed by atoms with Gasteiger partial charge in [-0.25, -0.2) is 0 Å². The van der Waals surface area contributed by atoms with Crippen molar-refractivity contribution in [3.63, 3.8) is 0 Å². The molecule has 0 saturated carbocycles. The van der Waals surface area contributed by atoms with Crippen LogP contribution in [-0.2, 0) is 11.2 Å². The van der Waals surface area contributed by atoms with Crippen LogP contribution in [0, 0.1) is 0 Å². The molecule has 1 N–H and O–H groups in total. The molecule has 0 bridgehead atoms. The number of nitrogens with zero attached hydrogens (tertiary/aromatic N) is 1. The van der Waals surface area contributed by atoms with Crippen molar-refractivity contribution in [3.8, 4) is 11.5 Å². The van der Waals surface area contributed by atoms with Crippen molar-refractivity contribution in [1.29, 1.82) is 0 Å². The second-order valence-corrected chi connectivity index (χ2v) is 4.89. The van der Waals surface area contributed by atoms with Crippen LogP contribution in [0.5, 0.6) is 11.5 Å². The molecule has 1 aromatic carbocycles. The molecule has 1 amide bonds. The van der Waals surface area contributed by atoms with E-state index in [4.69, 9.17) is 9.47 Å². The first kappa shape index (κ1) is 13.7. The predicted octanol–water partition coefficient (Wildman–Crippen LogP) is 1.37. The molecule has 1 heterocycles. The van der Waals surface area contributed by atoms with Gasteiger partial charge in [0.1, 0.15) is 0 Å². The minimum absolute atomic E-state index is 0.0119. The lowest BCUT2D eigenvalue weighted by Gasteiger charge is -2.24. The highest BCUT2D eigenvalue weighted by Gasteiger charge is 2.15. The Kier molecular flexibility index (Phi) is 4.27. The van der Waals surface area contributed by atoms with E-state index in [1.807, 2.05) is 19.2 Å². The number of hydrogen-bond donors (Lipinski definition) is 1. The zero-order valence-corrected chi connectivity index (χ0v) is 11.6. The highest BCUT2D eigenvalue weighted by molar-refractivity contribution is 5.72. The number of hydrogen-bond acceptors (Lipinski definition) is 4. The predicted molar refractivity (Wildman–Crippen MR) is 72.2 cm³/mol. The maximum Gasteiger partial charge on any atom is 0.231 e. The van der Waals surface area contributed by atoms with Crippen molar-refractivity contribution < 1.29 is 14.3 Å². The van der Waals surface area contributed by atoms with E-state index < -0.39 is 0 Å². The molecular formula is C14H20N2O3. The lowest BCUT2D eigenvalue weighted by molar-refractivity contribution is -0.119. The Morgan fingerprint density at radius 2 is 2.16 bits per heavy atom. The molecule has 0 aliphatic carbocycles. The van der Waals surface area contributed by atoms with Gasteiger partial charge in [-0.2, -0.15) is 0 Å². The number of amides is 1. The van der Waals surface area contributed by atoms with Gasteiger partial charge < -0.3 is 14.8 Å². The standard InChI is InChI=1S/C14H20N2O3/c1-10(16(3)8-15-11(2)17)6-12-4-5-13-14(7-12)19-9-18-13/h4-5,7,10H,6,8-9H2,1-3H3,(H,15,17). The summed E-state index contributed by atoms with van der Waals surface area (Å²) >= 11 is 0. The number of ether oxygens (including phenoxy) is 2. The average Bonchev–Trinajstić information content (AvgIpc) is 2.83. The summed E-state index contributed by atoms with van der Waals surface area (Å²) in [7, 11) is 1.99. The molecule has 1 aliphatic rings. The molecule has 5 nitrogen and oxygen atoms in total. The maximum absolute atomic E-state index is 10.9. The molecule has 1 unspecified atom stereocenters. The number of fused-ring (bicyclic) bond motifs is 1. The Morgan fingerprint density at radius 3 is 2.89 bits per heavy atom. The number of carbonyl (C=O) groups is 1. The summed E-state index contributed by atoms with van der Waals surface area (Å²) in [5.41, 5.74) is 1.20. The molecule has 2 rings (SSSR count). The van der Waals surface area contributed by atoms with Gasteiger partial charge in [-0.1, -0.05) is 6.07 Å². The van der Waals surface area contributed by atoms with Gasteiger partial charge in [0.2, 0.25) is 12.7 Å². The van der Waals surface area contributed by atoms with Crippen LogP contribution in [0.15, 0.2) is 18.2 Å². The van der Waals surface area contributed by atoms with Crippen LogP contribution in [0.4, 0.5) is 0 Å². The van der Waals surface area contributed by atoms with E-state index in [1.54, 1.807) is 0 Å². The van der Waals surface area contributed by atoms with E-state index in [0.717, 1.165) is 17.9 Å². The molecule has 1 atom stereocenters. The number of benzene rings is 1. The summed E-state index contributed by atoms with van der Waals surface area (Å²) in [4.78, 5) is 13.0. The summed E-state index contributed by atoms with van der Waals surface area (Å²) in [5.74, 6) is 1.61. The van der Waals surface area contributed by atoms with E-state index in [2.05, 4.69) is 23.2 Å². The summed E-state index contributed by atoms with van der Waals surface area (Å²) in [5, 5.41) is 2.80. The smallest absolute Gasteiger partial charge is 0.231 e. The first-order valence-electron chi connectivity index (χ1n) is 6.39. The quantitative estimate of drug-likeness (QED) is 0.816. The first-order chi connectivity index (χ1) is 9.06. The fourth-order valence-electron chi connectivity index (χ4n) is 1.96. The zero-order chi connectivity index (χ0) is 13.8. The van der Waals surface area contributed by atoms with Crippen molar-refractivity contribution in [2.75, 3.05) is 20.5 Å². The van der Waals surface area contributed by atoms with Gasteiger partial charge in [-0.3, -0.25) is 9.69 Å². The number of nitrogens with one attached hydrogen (secondary N) is 1. The van der Waals surface area contributed by atoms with Gasteiger partial charge in [-0.05, 0) is 38.1 Å². The molecule has 0 fully saturated rings. The van der Waals surface area contributed by atoms with Crippen LogP contribution >= 0.6 is 0 Å². The van der Waals surface area contributed by atoms with E-state index in [-0.39, 0.29) is 5.91 Å². The maximum atomic E-state index is 10.9. The SMILES string of the molecule is CC(=O)NCN(C)C(C)Cc1ccc2c(c1)OCO2. The minimum atomic E-state index is -0.0119. The van der Waals surface area contributed by atoms with Gasteiger partial charge in [-0.15, -0.1) is 0 Å². The van der Waals surface area contributed by atoms with Crippen molar-refractivity contribution in [1.82, 2.24) is 10.2 Å². The third-order valence-corrected chi connectivity index (χ3v) is 3.30. The lowest BCUT2D eigenvalue weighted by atomic mass is 10.1. The van der Waals surface area contributed by atoms with Crippen molar-refractivity contribution in [3.05, 3.63) is 23.8 Å². The largest absolute Gasteiger partial charge is 0.454 e. The monoisotopic (exact) mass is 264 g/mol. The topological polar surface area (TPSA) is 50.8 Å². The Morgan fingerprint density at radius 1 is 1.42 bits per heavy atom. The third-order valence-electron chi connectivity index (χ3n) is 3.30. The molecule has 1 aliphatic heterocycles. The number of carbonyl (C=O) groups excluding carboxylic acids is 1. The normalized spacial score (nSPS) is 14.5. The fourth-order valence-corrected chi connectivity index (χ4v) is 1.96. The van der Waals surface area contributed by atoms with Gasteiger partial charge in [0.05, 0.1) is 6.67 Å². The molecule has 1 aromatic rings. The summed E-state index contributed by atoms with van der Waals surface area (Å²) in [6.07, 6.45) is 0.896. The number of rotatable bonds is 5. The highest BCUT2D eigenvalue weighted by Crippen LogP contribution is 2.32. The second kappa shape index (κ2) is 5.93.